The highest BCUT2D eigenvalue weighted by atomic mass is 35.5. The third-order valence-electron chi connectivity index (χ3n) is 3.66. The van der Waals surface area contributed by atoms with Crippen LogP contribution in [0.15, 0.2) is 24.3 Å². The van der Waals surface area contributed by atoms with Gasteiger partial charge in [0.05, 0.1) is 0 Å². The molecule has 0 amide bonds. The first-order chi connectivity index (χ1) is 8.62. The number of carbonyl (C=O) groups is 1. The standard InChI is InChI=1S/C14H18ClNO2.ClH/c15-12-6-4-11(5-7-12)10-16-14(13(17)18)8-2-1-3-9-14;/h4-7,16H,1-3,8-10H2,(H,17,18);1H. The van der Waals surface area contributed by atoms with Crippen molar-refractivity contribution in [2.45, 2.75) is 44.2 Å². The summed E-state index contributed by atoms with van der Waals surface area (Å²) in [5.41, 5.74) is 0.323. The molecular weight excluding hydrogens is 285 g/mol. The number of carboxylic acids is 1. The molecule has 0 bridgehead atoms. The van der Waals surface area contributed by atoms with Crippen molar-refractivity contribution in [1.29, 1.82) is 0 Å². The van der Waals surface area contributed by atoms with Crippen LogP contribution in [0.2, 0.25) is 5.02 Å². The van der Waals surface area contributed by atoms with Gasteiger partial charge in [-0.2, -0.15) is 0 Å². The molecular formula is C14H19Cl2NO2. The molecule has 19 heavy (non-hydrogen) atoms. The predicted molar refractivity (Wildman–Crippen MR) is 79.0 cm³/mol. The molecule has 5 heteroatoms. The molecule has 1 saturated carbocycles. The maximum Gasteiger partial charge on any atom is 0.323 e. The lowest BCUT2D eigenvalue weighted by atomic mass is 9.81. The second-order valence-electron chi connectivity index (χ2n) is 4.93. The summed E-state index contributed by atoms with van der Waals surface area (Å²) in [6.07, 6.45) is 4.54. The van der Waals surface area contributed by atoms with Crippen molar-refractivity contribution in [1.82, 2.24) is 5.32 Å². The fourth-order valence-corrected chi connectivity index (χ4v) is 2.62. The number of nitrogens with one attached hydrogen (secondary N) is 1. The Bertz CT molecular complexity index is 414. The minimum atomic E-state index is -0.738. The Morgan fingerprint density at radius 3 is 2.32 bits per heavy atom. The quantitative estimate of drug-likeness (QED) is 0.893. The Morgan fingerprint density at radius 1 is 1.21 bits per heavy atom. The van der Waals surface area contributed by atoms with Crippen molar-refractivity contribution in [2.24, 2.45) is 0 Å². The van der Waals surface area contributed by atoms with Crippen LogP contribution < -0.4 is 5.32 Å². The van der Waals surface area contributed by atoms with Gasteiger partial charge in [0.15, 0.2) is 0 Å². The Balaban J connectivity index is 0.00000180. The number of benzene rings is 1. The average molecular weight is 304 g/mol. The molecule has 0 unspecified atom stereocenters. The molecule has 1 aromatic rings. The zero-order valence-electron chi connectivity index (χ0n) is 10.7. The molecule has 0 aliphatic heterocycles. The molecule has 0 spiro atoms. The SMILES string of the molecule is Cl.O=C(O)C1(NCc2ccc(Cl)cc2)CCCCC1. The van der Waals surface area contributed by atoms with Gasteiger partial charge >= 0.3 is 5.97 Å². The number of rotatable bonds is 4. The smallest absolute Gasteiger partial charge is 0.323 e. The maximum absolute atomic E-state index is 11.5. The summed E-state index contributed by atoms with van der Waals surface area (Å²) >= 11 is 5.82. The molecule has 106 valence electrons. The van der Waals surface area contributed by atoms with Crippen LogP contribution in [-0.2, 0) is 11.3 Å². The highest BCUT2D eigenvalue weighted by Gasteiger charge is 2.38. The number of halogens is 2. The normalized spacial score (nSPS) is 17.5. The lowest BCUT2D eigenvalue weighted by molar-refractivity contribution is -0.146. The highest BCUT2D eigenvalue weighted by Crippen LogP contribution is 2.28. The van der Waals surface area contributed by atoms with Gasteiger partial charge in [-0.15, -0.1) is 12.4 Å². The van der Waals surface area contributed by atoms with Crippen LogP contribution in [0.5, 0.6) is 0 Å². The number of hydrogen-bond acceptors (Lipinski definition) is 2. The summed E-state index contributed by atoms with van der Waals surface area (Å²) in [6.45, 7) is 0.573. The summed E-state index contributed by atoms with van der Waals surface area (Å²) in [6, 6.07) is 7.50. The van der Waals surface area contributed by atoms with Gasteiger partial charge in [-0.05, 0) is 30.5 Å². The summed E-state index contributed by atoms with van der Waals surface area (Å²) in [5.74, 6) is -0.726. The van der Waals surface area contributed by atoms with E-state index in [0.717, 1.165) is 37.7 Å². The maximum atomic E-state index is 11.5. The zero-order valence-corrected chi connectivity index (χ0v) is 12.3. The molecule has 1 fully saturated rings. The van der Waals surface area contributed by atoms with Crippen molar-refractivity contribution < 1.29 is 9.90 Å². The van der Waals surface area contributed by atoms with Gasteiger partial charge in [-0.1, -0.05) is 43.0 Å². The molecule has 1 aliphatic rings. The summed E-state index contributed by atoms with van der Waals surface area (Å²) in [7, 11) is 0. The minimum absolute atomic E-state index is 0. The molecule has 2 N–H and O–H groups in total. The molecule has 0 saturated heterocycles. The second kappa shape index (κ2) is 7.13. The first kappa shape index (κ1) is 16.3. The van der Waals surface area contributed by atoms with E-state index in [-0.39, 0.29) is 12.4 Å². The van der Waals surface area contributed by atoms with E-state index in [1.165, 1.54) is 0 Å². The van der Waals surface area contributed by atoms with Crippen molar-refractivity contribution >= 4 is 30.0 Å². The molecule has 1 aliphatic carbocycles. The lowest BCUT2D eigenvalue weighted by Crippen LogP contribution is -2.52. The summed E-state index contributed by atoms with van der Waals surface area (Å²) < 4.78 is 0. The van der Waals surface area contributed by atoms with Gasteiger partial charge in [0.1, 0.15) is 5.54 Å². The van der Waals surface area contributed by atoms with Crippen LogP contribution in [0, 0.1) is 0 Å². The van der Waals surface area contributed by atoms with E-state index in [9.17, 15) is 9.90 Å². The monoisotopic (exact) mass is 303 g/mol. The Kier molecular flexibility index (Phi) is 6.11. The Labute approximate surface area is 124 Å². The van der Waals surface area contributed by atoms with Crippen molar-refractivity contribution in [3.8, 4) is 0 Å². The largest absolute Gasteiger partial charge is 0.480 e. The van der Waals surface area contributed by atoms with E-state index in [1.54, 1.807) is 0 Å². The van der Waals surface area contributed by atoms with Crippen LogP contribution in [0.3, 0.4) is 0 Å². The third kappa shape index (κ3) is 4.10. The number of hydrogen-bond donors (Lipinski definition) is 2. The van der Waals surface area contributed by atoms with E-state index in [0.29, 0.717) is 11.6 Å². The summed E-state index contributed by atoms with van der Waals surface area (Å²) in [4.78, 5) is 11.5. The Hall–Kier alpha value is -0.770. The van der Waals surface area contributed by atoms with Crippen LogP contribution in [0.1, 0.15) is 37.7 Å². The van der Waals surface area contributed by atoms with Gasteiger partial charge in [0.25, 0.3) is 0 Å². The highest BCUT2D eigenvalue weighted by molar-refractivity contribution is 6.30. The molecule has 3 nitrogen and oxygen atoms in total. The van der Waals surface area contributed by atoms with Gasteiger partial charge in [-0.25, -0.2) is 0 Å². The zero-order chi connectivity index (χ0) is 13.0. The Morgan fingerprint density at radius 2 is 1.79 bits per heavy atom. The molecule has 0 radical (unpaired) electrons. The van der Waals surface area contributed by atoms with E-state index in [2.05, 4.69) is 5.32 Å². The lowest BCUT2D eigenvalue weighted by Gasteiger charge is -2.34. The van der Waals surface area contributed by atoms with Crippen LogP contribution >= 0.6 is 24.0 Å². The van der Waals surface area contributed by atoms with Gasteiger partial charge in [0.2, 0.25) is 0 Å². The van der Waals surface area contributed by atoms with Gasteiger partial charge < -0.3 is 5.11 Å². The van der Waals surface area contributed by atoms with E-state index >= 15 is 0 Å². The van der Waals surface area contributed by atoms with E-state index in [1.807, 2.05) is 24.3 Å². The number of aliphatic carboxylic acids is 1. The minimum Gasteiger partial charge on any atom is -0.480 e. The first-order valence-corrected chi connectivity index (χ1v) is 6.73. The topological polar surface area (TPSA) is 49.3 Å². The molecule has 1 aromatic carbocycles. The fraction of sp³-hybridized carbons (Fsp3) is 0.500. The van der Waals surface area contributed by atoms with Crippen molar-refractivity contribution in [3.05, 3.63) is 34.9 Å². The average Bonchev–Trinajstić information content (AvgIpc) is 2.39. The van der Waals surface area contributed by atoms with E-state index < -0.39 is 11.5 Å². The molecule has 0 atom stereocenters. The van der Waals surface area contributed by atoms with Gasteiger partial charge in [0, 0.05) is 11.6 Å². The number of carboxylic acid groups (broad SMARTS) is 1. The predicted octanol–water partition coefficient (Wildman–Crippen LogP) is 3.64. The van der Waals surface area contributed by atoms with Crippen LogP contribution in [0.25, 0.3) is 0 Å². The van der Waals surface area contributed by atoms with E-state index in [4.69, 9.17) is 11.6 Å². The second-order valence-corrected chi connectivity index (χ2v) is 5.36. The van der Waals surface area contributed by atoms with Crippen LogP contribution in [-0.4, -0.2) is 16.6 Å². The molecule has 2 rings (SSSR count). The third-order valence-corrected chi connectivity index (χ3v) is 3.91. The van der Waals surface area contributed by atoms with Crippen molar-refractivity contribution in [2.75, 3.05) is 0 Å². The van der Waals surface area contributed by atoms with Gasteiger partial charge in [-0.3, -0.25) is 10.1 Å². The van der Waals surface area contributed by atoms with Crippen molar-refractivity contribution in [3.63, 3.8) is 0 Å². The molecule has 0 aromatic heterocycles. The molecule has 0 heterocycles. The summed E-state index contributed by atoms with van der Waals surface area (Å²) in [5, 5.41) is 13.4. The fourth-order valence-electron chi connectivity index (χ4n) is 2.50. The van der Waals surface area contributed by atoms with Crippen LogP contribution in [0.4, 0.5) is 0 Å². The first-order valence-electron chi connectivity index (χ1n) is 6.35.